The minimum absolute atomic E-state index is 0.122. The van der Waals surface area contributed by atoms with Crippen molar-refractivity contribution in [1.29, 1.82) is 0 Å². The van der Waals surface area contributed by atoms with Crippen molar-refractivity contribution in [2.24, 2.45) is 0 Å². The van der Waals surface area contributed by atoms with Gasteiger partial charge in [0, 0.05) is 25.2 Å². The molecule has 1 saturated heterocycles. The molecular formula is C17H17F3N2O2S. The summed E-state index contributed by atoms with van der Waals surface area (Å²) in [6.07, 6.45) is -3.59. The second-order valence-corrected chi connectivity index (χ2v) is 6.52. The van der Waals surface area contributed by atoms with Crippen LogP contribution < -0.4 is 10.1 Å². The third kappa shape index (κ3) is 4.73. The summed E-state index contributed by atoms with van der Waals surface area (Å²) >= 11 is 1.61. The van der Waals surface area contributed by atoms with Crippen LogP contribution in [0.15, 0.2) is 41.1 Å². The van der Waals surface area contributed by atoms with E-state index in [0.717, 1.165) is 31.6 Å². The normalized spacial score (nSPS) is 16.1. The van der Waals surface area contributed by atoms with Crippen molar-refractivity contribution < 1.29 is 22.7 Å². The smallest absolute Gasteiger partial charge is 0.406 e. The highest BCUT2D eigenvalue weighted by molar-refractivity contribution is 7.07. The Bertz CT molecular complexity index is 698. The molecule has 3 rings (SSSR count). The number of amides is 1. The minimum Gasteiger partial charge on any atom is -0.406 e. The Morgan fingerprint density at radius 1 is 1.24 bits per heavy atom. The molecule has 4 nitrogen and oxygen atoms in total. The van der Waals surface area contributed by atoms with Crippen molar-refractivity contribution in [2.75, 3.05) is 19.6 Å². The van der Waals surface area contributed by atoms with Crippen molar-refractivity contribution in [3.05, 3.63) is 52.2 Å². The fourth-order valence-electron chi connectivity index (χ4n) is 2.67. The van der Waals surface area contributed by atoms with Gasteiger partial charge in [0.25, 0.3) is 5.91 Å². The van der Waals surface area contributed by atoms with Gasteiger partial charge < -0.3 is 10.1 Å². The lowest BCUT2D eigenvalue weighted by molar-refractivity contribution is -0.274. The molecule has 0 saturated carbocycles. The quantitative estimate of drug-likeness (QED) is 0.840. The number of alkyl halides is 3. The Hall–Kier alpha value is -2.06. The number of thiophene rings is 1. The zero-order valence-electron chi connectivity index (χ0n) is 13.3. The van der Waals surface area contributed by atoms with Gasteiger partial charge >= 0.3 is 6.36 Å². The number of nitrogens with zero attached hydrogens (tertiary/aromatic N) is 1. The molecule has 8 heteroatoms. The first kappa shape index (κ1) is 17.8. The van der Waals surface area contributed by atoms with Crippen LogP contribution in [-0.4, -0.2) is 36.8 Å². The molecule has 0 spiro atoms. The van der Waals surface area contributed by atoms with Crippen LogP contribution in [0.3, 0.4) is 0 Å². The fourth-order valence-corrected chi connectivity index (χ4v) is 3.38. The van der Waals surface area contributed by atoms with E-state index in [1.807, 2.05) is 11.4 Å². The molecule has 2 heterocycles. The first-order chi connectivity index (χ1) is 11.9. The SMILES string of the molecule is O=C(NC[C@H](c1ccsc1)N1CCC1)c1ccc(OC(F)(F)F)cc1. The Balaban J connectivity index is 1.59. The van der Waals surface area contributed by atoms with Crippen molar-refractivity contribution in [3.8, 4) is 5.75 Å². The summed E-state index contributed by atoms with van der Waals surface area (Å²) in [5.41, 5.74) is 1.46. The van der Waals surface area contributed by atoms with Crippen LogP contribution in [0.1, 0.15) is 28.4 Å². The van der Waals surface area contributed by atoms with Gasteiger partial charge in [-0.25, -0.2) is 0 Å². The first-order valence-electron chi connectivity index (χ1n) is 7.82. The summed E-state index contributed by atoms with van der Waals surface area (Å²) in [5, 5.41) is 6.94. The lowest BCUT2D eigenvalue weighted by Gasteiger charge is -2.38. The largest absolute Gasteiger partial charge is 0.573 e. The topological polar surface area (TPSA) is 41.6 Å². The van der Waals surface area contributed by atoms with Gasteiger partial charge in [0.1, 0.15) is 5.75 Å². The van der Waals surface area contributed by atoms with E-state index < -0.39 is 6.36 Å². The van der Waals surface area contributed by atoms with E-state index in [1.54, 1.807) is 11.3 Å². The molecular weight excluding hydrogens is 353 g/mol. The van der Waals surface area contributed by atoms with Crippen LogP contribution in [0.4, 0.5) is 13.2 Å². The third-order valence-electron chi connectivity index (χ3n) is 4.07. The van der Waals surface area contributed by atoms with Crippen LogP contribution in [0.25, 0.3) is 0 Å². The number of hydrogen-bond acceptors (Lipinski definition) is 4. The Morgan fingerprint density at radius 2 is 1.96 bits per heavy atom. The maximum absolute atomic E-state index is 12.3. The van der Waals surface area contributed by atoms with E-state index in [0.29, 0.717) is 12.1 Å². The van der Waals surface area contributed by atoms with E-state index >= 15 is 0 Å². The van der Waals surface area contributed by atoms with Gasteiger partial charge in [-0.1, -0.05) is 0 Å². The van der Waals surface area contributed by atoms with Gasteiger partial charge in [0.2, 0.25) is 0 Å². The molecule has 1 aliphatic rings. The molecule has 1 N–H and O–H groups in total. The van der Waals surface area contributed by atoms with Gasteiger partial charge in [-0.15, -0.1) is 13.2 Å². The van der Waals surface area contributed by atoms with E-state index in [4.69, 9.17) is 0 Å². The third-order valence-corrected chi connectivity index (χ3v) is 4.77. The molecule has 134 valence electrons. The molecule has 0 radical (unpaired) electrons. The number of carbonyl (C=O) groups excluding carboxylic acids is 1. The summed E-state index contributed by atoms with van der Waals surface area (Å²) in [6, 6.07) is 7.07. The van der Waals surface area contributed by atoms with E-state index in [9.17, 15) is 18.0 Å². The molecule has 1 fully saturated rings. The highest BCUT2D eigenvalue weighted by atomic mass is 32.1. The summed E-state index contributed by atoms with van der Waals surface area (Å²) in [7, 11) is 0. The predicted octanol–water partition coefficient (Wildman–Crippen LogP) is 3.82. The van der Waals surface area contributed by atoms with Crippen molar-refractivity contribution in [1.82, 2.24) is 10.2 Å². The van der Waals surface area contributed by atoms with Crippen molar-refractivity contribution >= 4 is 17.2 Å². The minimum atomic E-state index is -4.74. The molecule has 0 unspecified atom stereocenters. The second-order valence-electron chi connectivity index (χ2n) is 5.74. The lowest BCUT2D eigenvalue weighted by Crippen LogP contribution is -2.45. The van der Waals surface area contributed by atoms with Crippen LogP contribution in [0, 0.1) is 0 Å². The van der Waals surface area contributed by atoms with Crippen LogP contribution in [0.5, 0.6) is 5.75 Å². The summed E-state index contributed by atoms with van der Waals surface area (Å²) in [6.45, 7) is 2.45. The molecule has 0 bridgehead atoms. The summed E-state index contributed by atoms with van der Waals surface area (Å²) < 4.78 is 40.3. The standard InChI is InChI=1S/C17H17F3N2O2S/c18-17(19,20)24-14-4-2-12(3-5-14)16(23)21-10-15(22-7-1-8-22)13-6-9-25-11-13/h2-6,9,11,15H,1,7-8,10H2,(H,21,23)/t15-/m1/s1. The number of nitrogens with one attached hydrogen (secondary N) is 1. The zero-order valence-corrected chi connectivity index (χ0v) is 14.1. The molecule has 1 aromatic carbocycles. The van der Waals surface area contributed by atoms with Crippen LogP contribution >= 0.6 is 11.3 Å². The van der Waals surface area contributed by atoms with Gasteiger partial charge in [0.15, 0.2) is 0 Å². The lowest BCUT2D eigenvalue weighted by atomic mass is 10.0. The van der Waals surface area contributed by atoms with Gasteiger partial charge in [-0.3, -0.25) is 9.69 Å². The van der Waals surface area contributed by atoms with Crippen molar-refractivity contribution in [2.45, 2.75) is 18.8 Å². The molecule has 1 amide bonds. The highest BCUT2D eigenvalue weighted by Crippen LogP contribution is 2.27. The highest BCUT2D eigenvalue weighted by Gasteiger charge is 2.31. The number of ether oxygens (including phenoxy) is 1. The van der Waals surface area contributed by atoms with E-state index in [2.05, 4.69) is 20.3 Å². The predicted molar refractivity (Wildman–Crippen MR) is 88.7 cm³/mol. The number of likely N-dealkylation sites (tertiary alicyclic amines) is 1. The average molecular weight is 370 g/mol. The second kappa shape index (κ2) is 7.45. The van der Waals surface area contributed by atoms with Gasteiger partial charge in [-0.2, -0.15) is 11.3 Å². The fraction of sp³-hybridized carbons (Fsp3) is 0.353. The van der Waals surface area contributed by atoms with Gasteiger partial charge in [-0.05, 0) is 53.1 Å². The molecule has 0 aliphatic carbocycles. The zero-order chi connectivity index (χ0) is 17.9. The number of halogens is 3. The Morgan fingerprint density at radius 3 is 2.48 bits per heavy atom. The first-order valence-corrected chi connectivity index (χ1v) is 8.77. The maximum Gasteiger partial charge on any atom is 0.573 e. The van der Waals surface area contributed by atoms with Crippen molar-refractivity contribution in [3.63, 3.8) is 0 Å². The Kier molecular flexibility index (Phi) is 5.29. The summed E-state index contributed by atoms with van der Waals surface area (Å²) in [4.78, 5) is 14.5. The maximum atomic E-state index is 12.3. The number of hydrogen-bond donors (Lipinski definition) is 1. The number of carbonyl (C=O) groups is 1. The number of benzene rings is 1. The van der Waals surface area contributed by atoms with Gasteiger partial charge in [0.05, 0.1) is 6.04 Å². The molecule has 25 heavy (non-hydrogen) atoms. The number of rotatable bonds is 6. The summed E-state index contributed by atoms with van der Waals surface area (Å²) in [5.74, 6) is -0.667. The van der Waals surface area contributed by atoms with E-state index in [-0.39, 0.29) is 17.7 Å². The monoisotopic (exact) mass is 370 g/mol. The molecule has 2 aromatic rings. The molecule has 1 atom stereocenters. The van der Waals surface area contributed by atoms with E-state index in [1.165, 1.54) is 17.7 Å². The molecule has 1 aliphatic heterocycles. The van der Waals surface area contributed by atoms with Crippen LogP contribution in [-0.2, 0) is 0 Å². The van der Waals surface area contributed by atoms with Crippen LogP contribution in [0.2, 0.25) is 0 Å². The Labute approximate surface area is 147 Å². The average Bonchev–Trinajstić information content (AvgIpc) is 3.02. The molecule has 1 aromatic heterocycles.